The van der Waals surface area contributed by atoms with E-state index in [1.165, 1.54) is 7.11 Å². The van der Waals surface area contributed by atoms with Crippen LogP contribution in [0.5, 0.6) is 5.75 Å². The molecule has 3 N–H and O–H groups in total. The van der Waals surface area contributed by atoms with Crippen molar-refractivity contribution >= 4 is 55.6 Å². The Kier molecular flexibility index (Phi) is 6.55. The molecule has 4 aromatic rings. The third-order valence-corrected chi connectivity index (χ3v) is 5.85. The van der Waals surface area contributed by atoms with Crippen molar-refractivity contribution in [3.63, 3.8) is 0 Å². The Morgan fingerprint density at radius 3 is 2.56 bits per heavy atom. The average molecular weight is 511 g/mol. The first-order chi connectivity index (χ1) is 15.5. The molecule has 0 atom stereocenters. The van der Waals surface area contributed by atoms with Gasteiger partial charge in [0.25, 0.3) is 5.91 Å². The zero-order valence-electron chi connectivity index (χ0n) is 17.0. The molecule has 0 unspecified atom stereocenters. The smallest absolute Gasteiger partial charge is 0.261 e. The Bertz CT molecular complexity index is 1300. The monoisotopic (exact) mass is 510 g/mol. The molecule has 1 amide bonds. The van der Waals surface area contributed by atoms with Crippen LogP contribution in [0.4, 0.5) is 5.69 Å². The minimum absolute atomic E-state index is 0.147. The van der Waals surface area contributed by atoms with E-state index in [0.717, 1.165) is 16.3 Å². The van der Waals surface area contributed by atoms with Gasteiger partial charge in [0.2, 0.25) is 0 Å². The molecule has 0 bridgehead atoms. The van der Waals surface area contributed by atoms with Crippen LogP contribution in [0.3, 0.4) is 0 Å². The number of hydrogen-bond acceptors (Lipinski definition) is 5. The minimum atomic E-state index is -0.380. The normalized spacial score (nSPS) is 10.7. The lowest BCUT2D eigenvalue weighted by atomic mass is 10.1. The zero-order chi connectivity index (χ0) is 22.7. The molecule has 0 saturated heterocycles. The van der Waals surface area contributed by atoms with E-state index in [0.29, 0.717) is 33.0 Å². The number of thiocarbonyl (C=S) groups is 1. The third-order valence-electron chi connectivity index (χ3n) is 4.86. The Morgan fingerprint density at radius 2 is 1.88 bits per heavy atom. The van der Waals surface area contributed by atoms with Crippen molar-refractivity contribution in [3.05, 3.63) is 82.5 Å². The summed E-state index contributed by atoms with van der Waals surface area (Å²) in [5, 5.41) is 16.9. The van der Waals surface area contributed by atoms with Crippen molar-refractivity contribution in [1.29, 1.82) is 0 Å². The fourth-order valence-corrected chi connectivity index (χ4v) is 4.27. The molecule has 0 aliphatic rings. The van der Waals surface area contributed by atoms with Gasteiger partial charge in [-0.25, -0.2) is 0 Å². The highest BCUT2D eigenvalue weighted by Gasteiger charge is 2.19. The van der Waals surface area contributed by atoms with Crippen LogP contribution in [-0.4, -0.2) is 23.2 Å². The molecule has 1 aromatic heterocycles. The van der Waals surface area contributed by atoms with Crippen LogP contribution < -0.4 is 15.4 Å². The lowest BCUT2D eigenvalue weighted by Gasteiger charge is -2.14. The first-order valence-corrected chi connectivity index (χ1v) is 10.9. The number of furan rings is 1. The molecule has 3 aromatic carbocycles. The van der Waals surface area contributed by atoms with Gasteiger partial charge < -0.3 is 19.6 Å². The second kappa shape index (κ2) is 9.52. The summed E-state index contributed by atoms with van der Waals surface area (Å²) in [6.07, 6.45) is 0. The number of carbonyl (C=O) groups is 1. The maximum atomic E-state index is 12.9. The number of fused-ring (bicyclic) bond motifs is 1. The van der Waals surface area contributed by atoms with Gasteiger partial charge in [-0.3, -0.25) is 10.1 Å². The SMILES string of the molecule is COc1c(C(=O)NC(=S)Nc2ccc(-c3ccc(CO)o3)cc2)cc2ccccc2c1Br. The first-order valence-electron chi connectivity index (χ1n) is 9.67. The summed E-state index contributed by atoms with van der Waals surface area (Å²) in [4.78, 5) is 12.9. The van der Waals surface area contributed by atoms with Crippen molar-refractivity contribution in [2.45, 2.75) is 6.61 Å². The van der Waals surface area contributed by atoms with E-state index >= 15 is 0 Å². The number of methoxy groups -OCH3 is 1. The second-order valence-corrected chi connectivity index (χ2v) is 8.10. The number of amides is 1. The molecule has 8 heteroatoms. The highest BCUT2D eigenvalue weighted by molar-refractivity contribution is 9.10. The molecule has 162 valence electrons. The molecule has 0 radical (unpaired) electrons. The van der Waals surface area contributed by atoms with Crippen molar-refractivity contribution < 1.29 is 19.1 Å². The van der Waals surface area contributed by atoms with Crippen LogP contribution in [0, 0.1) is 0 Å². The van der Waals surface area contributed by atoms with Gasteiger partial charge in [0.1, 0.15) is 23.9 Å². The van der Waals surface area contributed by atoms with Gasteiger partial charge in [0, 0.05) is 11.3 Å². The van der Waals surface area contributed by atoms with Gasteiger partial charge in [0.15, 0.2) is 5.11 Å². The number of hydrogen-bond donors (Lipinski definition) is 3. The van der Waals surface area contributed by atoms with Crippen LogP contribution in [0.25, 0.3) is 22.1 Å². The number of anilines is 1. The maximum Gasteiger partial charge on any atom is 0.261 e. The molecule has 32 heavy (non-hydrogen) atoms. The number of halogens is 1. The van der Waals surface area contributed by atoms with Crippen LogP contribution in [0.1, 0.15) is 16.1 Å². The summed E-state index contributed by atoms with van der Waals surface area (Å²) < 4.78 is 11.7. The molecule has 0 saturated carbocycles. The number of carbonyl (C=O) groups excluding carboxylic acids is 1. The standard InChI is InChI=1S/C24H19BrN2O4S/c1-30-22-19(12-15-4-2-3-5-18(15)21(22)25)23(29)27-24(32)26-16-8-6-14(7-9-16)20-11-10-17(13-28)31-20/h2-12,28H,13H2,1H3,(H2,26,27,29,32). The van der Waals surface area contributed by atoms with Gasteiger partial charge in [-0.15, -0.1) is 0 Å². The van der Waals surface area contributed by atoms with Crippen molar-refractivity contribution in [2.24, 2.45) is 0 Å². The zero-order valence-corrected chi connectivity index (χ0v) is 19.4. The highest BCUT2D eigenvalue weighted by Crippen LogP contribution is 2.36. The number of nitrogens with one attached hydrogen (secondary N) is 2. The molecule has 0 aliphatic carbocycles. The molecule has 4 rings (SSSR count). The van der Waals surface area contributed by atoms with Crippen LogP contribution in [-0.2, 0) is 6.61 Å². The Balaban J connectivity index is 1.48. The second-order valence-electron chi connectivity index (χ2n) is 6.90. The predicted octanol–water partition coefficient (Wildman–Crippen LogP) is 5.49. The Hall–Kier alpha value is -3.20. The number of aliphatic hydroxyl groups excluding tert-OH is 1. The van der Waals surface area contributed by atoms with Gasteiger partial charge in [0.05, 0.1) is 17.1 Å². The molecule has 6 nitrogen and oxygen atoms in total. The predicted molar refractivity (Wildman–Crippen MR) is 132 cm³/mol. The van der Waals surface area contributed by atoms with Crippen molar-refractivity contribution in [1.82, 2.24) is 5.32 Å². The van der Waals surface area contributed by atoms with Gasteiger partial charge in [-0.05, 0) is 81.4 Å². The largest absolute Gasteiger partial charge is 0.495 e. The van der Waals surface area contributed by atoms with Crippen LogP contribution in [0.2, 0.25) is 0 Å². The van der Waals surface area contributed by atoms with E-state index in [-0.39, 0.29) is 17.6 Å². The number of ether oxygens (including phenoxy) is 1. The van der Waals surface area contributed by atoms with Gasteiger partial charge in [-0.1, -0.05) is 24.3 Å². The van der Waals surface area contributed by atoms with Gasteiger partial charge >= 0.3 is 0 Å². The summed E-state index contributed by atoms with van der Waals surface area (Å²) >= 11 is 8.86. The van der Waals surface area contributed by atoms with Gasteiger partial charge in [-0.2, -0.15) is 0 Å². The van der Waals surface area contributed by atoms with E-state index < -0.39 is 0 Å². The number of rotatable bonds is 5. The first kappa shape index (κ1) is 22.0. The van der Waals surface area contributed by atoms with Crippen molar-refractivity contribution in [2.75, 3.05) is 12.4 Å². The maximum absolute atomic E-state index is 12.9. The molecular formula is C24H19BrN2O4S. The summed E-state index contributed by atoms with van der Waals surface area (Å²) in [5.74, 6) is 1.22. The molecule has 0 fully saturated rings. The van der Waals surface area contributed by atoms with Crippen LogP contribution >= 0.6 is 28.1 Å². The van der Waals surface area contributed by atoms with E-state index in [4.69, 9.17) is 26.5 Å². The van der Waals surface area contributed by atoms with E-state index in [9.17, 15) is 4.79 Å². The van der Waals surface area contributed by atoms with E-state index in [1.54, 1.807) is 18.2 Å². The summed E-state index contributed by atoms with van der Waals surface area (Å²) in [7, 11) is 1.52. The number of aliphatic hydroxyl groups is 1. The van der Waals surface area contributed by atoms with Crippen molar-refractivity contribution in [3.8, 4) is 17.1 Å². The molecule has 1 heterocycles. The topological polar surface area (TPSA) is 83.7 Å². The lowest BCUT2D eigenvalue weighted by Crippen LogP contribution is -2.34. The van der Waals surface area contributed by atoms with E-state index in [1.807, 2.05) is 48.5 Å². The quantitative estimate of drug-likeness (QED) is 0.308. The fourth-order valence-electron chi connectivity index (χ4n) is 3.32. The summed E-state index contributed by atoms with van der Waals surface area (Å²) in [5.41, 5.74) is 1.94. The third kappa shape index (κ3) is 4.52. The lowest BCUT2D eigenvalue weighted by molar-refractivity contribution is 0.0975. The molecule has 0 aliphatic heterocycles. The average Bonchev–Trinajstić information content (AvgIpc) is 3.29. The highest BCUT2D eigenvalue weighted by atomic mass is 79.9. The minimum Gasteiger partial charge on any atom is -0.495 e. The van der Waals surface area contributed by atoms with Crippen LogP contribution in [0.15, 0.2) is 75.6 Å². The Labute approximate surface area is 198 Å². The van der Waals surface area contributed by atoms with E-state index in [2.05, 4.69) is 26.6 Å². The summed E-state index contributed by atoms with van der Waals surface area (Å²) in [6.45, 7) is -0.147. The number of benzene rings is 3. The molecule has 0 spiro atoms. The fraction of sp³-hybridized carbons (Fsp3) is 0.0833. The Morgan fingerprint density at radius 1 is 1.12 bits per heavy atom. The molecular weight excluding hydrogens is 492 g/mol. The summed E-state index contributed by atoms with van der Waals surface area (Å²) in [6, 6.07) is 20.4.